The van der Waals surface area contributed by atoms with Crippen molar-refractivity contribution in [3.63, 3.8) is 0 Å². The summed E-state index contributed by atoms with van der Waals surface area (Å²) < 4.78 is 2.08. The Balaban J connectivity index is 2.02. The third-order valence-corrected chi connectivity index (χ3v) is 5.22. The van der Waals surface area contributed by atoms with Crippen LogP contribution in [0.15, 0.2) is 5.16 Å². The van der Waals surface area contributed by atoms with Crippen molar-refractivity contribution in [1.82, 2.24) is 19.7 Å². The number of thioether (sulfide) groups is 2. The van der Waals surface area contributed by atoms with E-state index >= 15 is 0 Å². The second-order valence-corrected chi connectivity index (χ2v) is 7.45. The van der Waals surface area contributed by atoms with Crippen molar-refractivity contribution < 1.29 is 9.90 Å². The summed E-state index contributed by atoms with van der Waals surface area (Å²) in [6.07, 6.45) is 0. The van der Waals surface area contributed by atoms with Crippen LogP contribution in [-0.2, 0) is 11.3 Å². The molecule has 0 unspecified atom stereocenters. The summed E-state index contributed by atoms with van der Waals surface area (Å²) in [6.45, 7) is 8.22. The van der Waals surface area contributed by atoms with Crippen LogP contribution in [0, 0.1) is 0 Å². The molecule has 1 fully saturated rings. The van der Waals surface area contributed by atoms with Gasteiger partial charge >= 0.3 is 5.97 Å². The van der Waals surface area contributed by atoms with Gasteiger partial charge < -0.3 is 9.67 Å². The summed E-state index contributed by atoms with van der Waals surface area (Å²) in [5.41, 5.74) is 0. The molecule has 0 radical (unpaired) electrons. The zero-order valence-electron chi connectivity index (χ0n) is 12.5. The second-order valence-electron chi connectivity index (χ2n) is 5.28. The maximum absolute atomic E-state index is 10.7. The lowest BCUT2D eigenvalue weighted by molar-refractivity contribution is -0.133. The first kappa shape index (κ1) is 16.6. The molecule has 21 heavy (non-hydrogen) atoms. The standard InChI is InChI=1S/C13H22N4O2S2/c1-10(2)12-14-15-13(21-9-11(18)19)17(12)4-3-16-5-7-20-8-6-16/h10H,3-9H2,1-2H3,(H,18,19). The molecule has 0 atom stereocenters. The third-order valence-electron chi connectivity index (χ3n) is 3.33. The minimum Gasteiger partial charge on any atom is -0.481 e. The summed E-state index contributed by atoms with van der Waals surface area (Å²) in [4.78, 5) is 13.2. The number of carboxylic acids is 1. The van der Waals surface area contributed by atoms with E-state index < -0.39 is 5.97 Å². The Kier molecular flexibility index (Phi) is 6.38. The third kappa shape index (κ3) is 4.89. The van der Waals surface area contributed by atoms with Crippen LogP contribution in [0.5, 0.6) is 0 Å². The van der Waals surface area contributed by atoms with Gasteiger partial charge in [-0.1, -0.05) is 25.6 Å². The molecule has 1 saturated heterocycles. The molecular formula is C13H22N4O2S2. The largest absolute Gasteiger partial charge is 0.481 e. The highest BCUT2D eigenvalue weighted by atomic mass is 32.2. The van der Waals surface area contributed by atoms with Crippen molar-refractivity contribution in [2.45, 2.75) is 31.5 Å². The van der Waals surface area contributed by atoms with Gasteiger partial charge in [-0.05, 0) is 0 Å². The molecular weight excluding hydrogens is 308 g/mol. The van der Waals surface area contributed by atoms with Gasteiger partial charge in [-0.15, -0.1) is 10.2 Å². The summed E-state index contributed by atoms with van der Waals surface area (Å²) in [6, 6.07) is 0. The molecule has 0 amide bonds. The van der Waals surface area contributed by atoms with E-state index in [-0.39, 0.29) is 11.7 Å². The fraction of sp³-hybridized carbons (Fsp3) is 0.769. The van der Waals surface area contributed by atoms with Crippen LogP contribution >= 0.6 is 23.5 Å². The van der Waals surface area contributed by atoms with Crippen LogP contribution in [0.4, 0.5) is 0 Å². The van der Waals surface area contributed by atoms with Crippen LogP contribution < -0.4 is 0 Å². The number of aliphatic carboxylic acids is 1. The highest BCUT2D eigenvalue weighted by Crippen LogP contribution is 2.21. The van der Waals surface area contributed by atoms with Crippen molar-refractivity contribution in [3.05, 3.63) is 5.82 Å². The number of carboxylic acid groups (broad SMARTS) is 1. The molecule has 6 nitrogen and oxygen atoms in total. The zero-order chi connectivity index (χ0) is 15.2. The lowest BCUT2D eigenvalue weighted by Gasteiger charge is -2.26. The average molecular weight is 330 g/mol. The van der Waals surface area contributed by atoms with Gasteiger partial charge in [0.05, 0.1) is 5.75 Å². The molecule has 1 aromatic heterocycles. The van der Waals surface area contributed by atoms with Crippen LogP contribution in [-0.4, -0.2) is 67.6 Å². The van der Waals surface area contributed by atoms with Crippen molar-refractivity contribution in [3.8, 4) is 0 Å². The van der Waals surface area contributed by atoms with Gasteiger partial charge in [0.25, 0.3) is 0 Å². The fourth-order valence-corrected chi connectivity index (χ4v) is 3.91. The SMILES string of the molecule is CC(C)c1nnc(SCC(=O)O)n1CCN1CCSCC1. The van der Waals surface area contributed by atoms with E-state index in [1.165, 1.54) is 23.3 Å². The topological polar surface area (TPSA) is 71.2 Å². The second kappa shape index (κ2) is 8.05. The smallest absolute Gasteiger partial charge is 0.313 e. The summed E-state index contributed by atoms with van der Waals surface area (Å²) in [7, 11) is 0. The van der Waals surface area contributed by atoms with Crippen LogP contribution in [0.2, 0.25) is 0 Å². The maximum atomic E-state index is 10.7. The van der Waals surface area contributed by atoms with Gasteiger partial charge in [-0.25, -0.2) is 0 Å². The van der Waals surface area contributed by atoms with Gasteiger partial charge in [0.15, 0.2) is 5.16 Å². The normalized spacial score (nSPS) is 16.5. The molecule has 0 bridgehead atoms. The number of hydrogen-bond acceptors (Lipinski definition) is 6. The van der Waals surface area contributed by atoms with E-state index in [2.05, 4.69) is 33.5 Å². The average Bonchev–Trinajstić information content (AvgIpc) is 2.87. The molecule has 1 aromatic rings. The molecule has 0 aliphatic carbocycles. The van der Waals surface area contributed by atoms with E-state index in [0.29, 0.717) is 5.16 Å². The molecule has 2 heterocycles. The lowest BCUT2D eigenvalue weighted by atomic mass is 10.2. The predicted molar refractivity (Wildman–Crippen MR) is 86.2 cm³/mol. The van der Waals surface area contributed by atoms with Gasteiger partial charge in [0.1, 0.15) is 5.82 Å². The number of carbonyl (C=O) groups is 1. The van der Waals surface area contributed by atoms with Gasteiger partial charge in [-0.3, -0.25) is 9.69 Å². The fourth-order valence-electron chi connectivity index (χ4n) is 2.24. The molecule has 118 valence electrons. The molecule has 8 heteroatoms. The molecule has 1 aliphatic heterocycles. The van der Waals surface area contributed by atoms with Crippen LogP contribution in [0.3, 0.4) is 0 Å². The first-order valence-electron chi connectivity index (χ1n) is 7.15. The Hall–Kier alpha value is -0.730. The Labute approximate surface area is 133 Å². The van der Waals surface area contributed by atoms with Crippen LogP contribution in [0.25, 0.3) is 0 Å². The molecule has 0 saturated carbocycles. The molecule has 1 N–H and O–H groups in total. The number of aromatic nitrogens is 3. The van der Waals surface area contributed by atoms with E-state index in [4.69, 9.17) is 5.11 Å². The minimum atomic E-state index is -0.825. The van der Waals surface area contributed by atoms with Gasteiger partial charge in [0.2, 0.25) is 0 Å². The number of rotatable bonds is 7. The Morgan fingerprint density at radius 1 is 1.33 bits per heavy atom. The Morgan fingerprint density at radius 3 is 2.67 bits per heavy atom. The first-order chi connectivity index (χ1) is 10.1. The van der Waals surface area contributed by atoms with Crippen LogP contribution in [0.1, 0.15) is 25.6 Å². The zero-order valence-corrected chi connectivity index (χ0v) is 14.1. The number of nitrogens with zero attached hydrogens (tertiary/aromatic N) is 4. The van der Waals surface area contributed by atoms with Crippen molar-refractivity contribution in [2.75, 3.05) is 36.9 Å². The van der Waals surface area contributed by atoms with E-state index in [9.17, 15) is 4.79 Å². The first-order valence-corrected chi connectivity index (χ1v) is 9.29. The Bertz CT molecular complexity index is 473. The van der Waals surface area contributed by atoms with Gasteiger partial charge in [0, 0.05) is 43.6 Å². The molecule has 0 spiro atoms. The highest BCUT2D eigenvalue weighted by molar-refractivity contribution is 7.99. The van der Waals surface area contributed by atoms with E-state index in [1.807, 2.05) is 11.8 Å². The van der Waals surface area contributed by atoms with E-state index in [1.54, 1.807) is 0 Å². The Morgan fingerprint density at radius 2 is 2.05 bits per heavy atom. The van der Waals surface area contributed by atoms with Crippen molar-refractivity contribution >= 4 is 29.5 Å². The summed E-state index contributed by atoms with van der Waals surface area (Å²) in [5.74, 6) is 2.81. The van der Waals surface area contributed by atoms with Gasteiger partial charge in [-0.2, -0.15) is 11.8 Å². The van der Waals surface area contributed by atoms with E-state index in [0.717, 1.165) is 32.0 Å². The number of hydrogen-bond donors (Lipinski definition) is 1. The summed E-state index contributed by atoms with van der Waals surface area (Å²) >= 11 is 3.25. The lowest BCUT2D eigenvalue weighted by Crippen LogP contribution is -2.35. The monoisotopic (exact) mass is 330 g/mol. The van der Waals surface area contributed by atoms with Crippen molar-refractivity contribution in [1.29, 1.82) is 0 Å². The maximum Gasteiger partial charge on any atom is 0.313 e. The minimum absolute atomic E-state index is 0.0244. The quantitative estimate of drug-likeness (QED) is 0.762. The predicted octanol–water partition coefficient (Wildman–Crippen LogP) is 1.63. The molecule has 1 aliphatic rings. The molecule has 2 rings (SSSR count). The highest BCUT2D eigenvalue weighted by Gasteiger charge is 2.18. The van der Waals surface area contributed by atoms with Crippen molar-refractivity contribution in [2.24, 2.45) is 0 Å². The molecule has 0 aromatic carbocycles. The summed E-state index contributed by atoms with van der Waals surface area (Å²) in [5, 5.41) is 17.9.